The standard InChI is InChI=1S/C15H20N2O10S2/c1-28(21,22)26-10-13-7-14(27-29(2,23)24)8-16(13)15(18)25-9-11-3-5-12(6-4-11)17(19)20/h3-6,13-14H,7-10H2,1-2H3/t13-,14+/m0/s1. The van der Waals surface area contributed by atoms with Crippen LogP contribution in [-0.2, 0) is 39.9 Å². The molecule has 162 valence electrons. The third-order valence-electron chi connectivity index (χ3n) is 3.91. The molecule has 0 saturated carbocycles. The number of carbonyl (C=O) groups is 1. The average Bonchev–Trinajstić information content (AvgIpc) is 2.98. The summed E-state index contributed by atoms with van der Waals surface area (Å²) in [7, 11) is -7.56. The molecular weight excluding hydrogens is 432 g/mol. The summed E-state index contributed by atoms with van der Waals surface area (Å²) in [6.45, 7) is -0.705. The molecule has 1 saturated heterocycles. The summed E-state index contributed by atoms with van der Waals surface area (Å²) in [5.41, 5.74) is 0.384. The third kappa shape index (κ3) is 7.56. The van der Waals surface area contributed by atoms with Gasteiger partial charge in [0.1, 0.15) is 6.61 Å². The second-order valence-electron chi connectivity index (χ2n) is 6.43. The van der Waals surface area contributed by atoms with Gasteiger partial charge in [0.05, 0.1) is 42.7 Å². The Kier molecular flexibility index (Phi) is 7.15. The number of likely N-dealkylation sites (tertiary alicyclic amines) is 1. The molecule has 12 nitrogen and oxygen atoms in total. The Morgan fingerprint density at radius 1 is 1.17 bits per heavy atom. The molecule has 1 aliphatic rings. The van der Waals surface area contributed by atoms with Crippen LogP contribution < -0.4 is 0 Å². The summed E-state index contributed by atoms with van der Waals surface area (Å²) in [6.07, 6.45) is 0.0545. The molecule has 2 atom stereocenters. The molecule has 0 radical (unpaired) electrons. The maximum Gasteiger partial charge on any atom is 0.410 e. The molecule has 0 aliphatic carbocycles. The first-order valence-corrected chi connectivity index (χ1v) is 11.9. The number of benzene rings is 1. The molecule has 0 spiro atoms. The Morgan fingerprint density at radius 2 is 1.79 bits per heavy atom. The highest BCUT2D eigenvalue weighted by Crippen LogP contribution is 2.24. The van der Waals surface area contributed by atoms with Crippen molar-refractivity contribution in [1.82, 2.24) is 4.90 Å². The minimum Gasteiger partial charge on any atom is -0.445 e. The van der Waals surface area contributed by atoms with Gasteiger partial charge in [-0.1, -0.05) is 0 Å². The monoisotopic (exact) mass is 452 g/mol. The topological polar surface area (TPSA) is 159 Å². The molecule has 1 heterocycles. The van der Waals surface area contributed by atoms with Gasteiger partial charge in [0, 0.05) is 12.1 Å². The van der Waals surface area contributed by atoms with Crippen molar-refractivity contribution in [2.24, 2.45) is 0 Å². The van der Waals surface area contributed by atoms with Gasteiger partial charge in [-0.2, -0.15) is 16.8 Å². The molecule has 0 bridgehead atoms. The fourth-order valence-corrected chi connectivity index (χ4v) is 3.75. The van der Waals surface area contributed by atoms with E-state index < -0.39 is 43.4 Å². The Labute approximate surface area is 167 Å². The van der Waals surface area contributed by atoms with Gasteiger partial charge in [0.15, 0.2) is 0 Å². The first-order chi connectivity index (χ1) is 13.3. The summed E-state index contributed by atoms with van der Waals surface area (Å²) in [5, 5.41) is 10.7. The Hall–Kier alpha value is -2.29. The molecule has 0 aromatic heterocycles. The van der Waals surface area contributed by atoms with Crippen molar-refractivity contribution in [3.63, 3.8) is 0 Å². The van der Waals surface area contributed by atoms with Crippen molar-refractivity contribution in [3.05, 3.63) is 39.9 Å². The summed E-state index contributed by atoms with van der Waals surface area (Å²) >= 11 is 0. The van der Waals surface area contributed by atoms with Gasteiger partial charge in [-0.05, 0) is 24.1 Å². The van der Waals surface area contributed by atoms with Gasteiger partial charge >= 0.3 is 6.09 Å². The third-order valence-corrected chi connectivity index (χ3v) is 5.09. The number of carbonyl (C=O) groups excluding carboxylic acids is 1. The molecule has 14 heteroatoms. The first-order valence-electron chi connectivity index (χ1n) is 8.23. The second-order valence-corrected chi connectivity index (χ2v) is 9.68. The van der Waals surface area contributed by atoms with E-state index in [-0.39, 0.29) is 31.9 Å². The maximum atomic E-state index is 12.4. The maximum absolute atomic E-state index is 12.4. The van der Waals surface area contributed by atoms with E-state index in [1.165, 1.54) is 24.3 Å². The smallest absolute Gasteiger partial charge is 0.410 e. The molecule has 0 N–H and O–H groups in total. The van der Waals surface area contributed by atoms with E-state index in [4.69, 9.17) is 13.1 Å². The van der Waals surface area contributed by atoms with Crippen LogP contribution in [0.4, 0.5) is 10.5 Å². The highest BCUT2D eigenvalue weighted by atomic mass is 32.2. The van der Waals surface area contributed by atoms with Gasteiger partial charge in [-0.3, -0.25) is 18.5 Å². The number of ether oxygens (including phenoxy) is 1. The fourth-order valence-electron chi connectivity index (χ4n) is 2.72. The van der Waals surface area contributed by atoms with Crippen LogP contribution in [0.2, 0.25) is 0 Å². The Balaban J connectivity index is 2.03. The SMILES string of the molecule is CS(=O)(=O)OC[C@@H]1C[C@@H](OS(C)(=O)=O)CN1C(=O)OCc1ccc([N+](=O)[O-])cc1. The summed E-state index contributed by atoms with van der Waals surface area (Å²) < 4.78 is 59.9. The van der Waals surface area contributed by atoms with Gasteiger partial charge in [0.25, 0.3) is 25.9 Å². The van der Waals surface area contributed by atoms with E-state index in [0.29, 0.717) is 5.56 Å². The Morgan fingerprint density at radius 3 is 2.31 bits per heavy atom. The number of amides is 1. The minimum absolute atomic E-state index is 0.0369. The van der Waals surface area contributed by atoms with Crippen LogP contribution in [0.25, 0.3) is 0 Å². The number of non-ortho nitro benzene ring substituents is 1. The number of nitrogens with zero attached hydrogens (tertiary/aromatic N) is 2. The lowest BCUT2D eigenvalue weighted by Crippen LogP contribution is -2.39. The van der Waals surface area contributed by atoms with E-state index in [1.807, 2.05) is 0 Å². The van der Waals surface area contributed by atoms with E-state index >= 15 is 0 Å². The summed E-state index contributed by atoms with van der Waals surface area (Å²) in [4.78, 5) is 23.7. The lowest BCUT2D eigenvalue weighted by Gasteiger charge is -2.23. The molecule has 1 aliphatic heterocycles. The largest absolute Gasteiger partial charge is 0.445 e. The highest BCUT2D eigenvalue weighted by Gasteiger charge is 2.39. The van der Waals surface area contributed by atoms with Crippen LogP contribution in [0.3, 0.4) is 0 Å². The van der Waals surface area contributed by atoms with Crippen molar-refractivity contribution < 1.29 is 39.7 Å². The van der Waals surface area contributed by atoms with Crippen LogP contribution in [0.5, 0.6) is 0 Å². The van der Waals surface area contributed by atoms with Gasteiger partial charge in [-0.25, -0.2) is 4.79 Å². The van der Waals surface area contributed by atoms with Crippen LogP contribution in [0.1, 0.15) is 12.0 Å². The fraction of sp³-hybridized carbons (Fsp3) is 0.533. The number of nitro benzene ring substituents is 1. The zero-order valence-corrected chi connectivity index (χ0v) is 17.2. The molecule has 1 aromatic rings. The number of nitro groups is 1. The van der Waals surface area contributed by atoms with Crippen LogP contribution in [0, 0.1) is 10.1 Å². The molecule has 29 heavy (non-hydrogen) atoms. The zero-order valence-electron chi connectivity index (χ0n) is 15.6. The minimum atomic E-state index is -3.78. The normalized spacial score (nSPS) is 19.9. The van der Waals surface area contributed by atoms with Gasteiger partial charge in [-0.15, -0.1) is 0 Å². The molecule has 1 aromatic carbocycles. The molecule has 0 unspecified atom stereocenters. The highest BCUT2D eigenvalue weighted by molar-refractivity contribution is 7.86. The molecular formula is C15H20N2O10S2. The molecule has 2 rings (SSSR count). The van der Waals surface area contributed by atoms with Crippen LogP contribution in [0.15, 0.2) is 24.3 Å². The number of rotatable bonds is 8. The van der Waals surface area contributed by atoms with Gasteiger partial charge in [0.2, 0.25) is 0 Å². The van der Waals surface area contributed by atoms with Crippen molar-refractivity contribution >= 4 is 32.0 Å². The van der Waals surface area contributed by atoms with Crippen LogP contribution in [-0.4, -0.2) is 70.6 Å². The summed E-state index contributed by atoms with van der Waals surface area (Å²) in [6, 6.07) is 4.60. The van der Waals surface area contributed by atoms with Crippen molar-refractivity contribution in [3.8, 4) is 0 Å². The zero-order chi connectivity index (χ0) is 21.8. The molecule has 1 fully saturated rings. The van der Waals surface area contributed by atoms with Crippen molar-refractivity contribution in [1.29, 1.82) is 0 Å². The van der Waals surface area contributed by atoms with E-state index in [9.17, 15) is 31.7 Å². The predicted molar refractivity (Wildman–Crippen MR) is 98.9 cm³/mol. The first kappa shape index (κ1) is 23.0. The number of hydrogen-bond acceptors (Lipinski definition) is 10. The predicted octanol–water partition coefficient (Wildman–Crippen LogP) is 0.627. The van der Waals surface area contributed by atoms with Crippen molar-refractivity contribution in [2.75, 3.05) is 25.7 Å². The van der Waals surface area contributed by atoms with Gasteiger partial charge < -0.3 is 9.64 Å². The quantitative estimate of drug-likeness (QED) is 0.311. The second kappa shape index (κ2) is 9.02. The average molecular weight is 452 g/mol. The van der Waals surface area contributed by atoms with E-state index in [2.05, 4.69) is 0 Å². The summed E-state index contributed by atoms with van der Waals surface area (Å²) in [5.74, 6) is 0. The van der Waals surface area contributed by atoms with E-state index in [1.54, 1.807) is 0 Å². The molecule has 1 amide bonds. The Bertz CT molecular complexity index is 959. The van der Waals surface area contributed by atoms with Crippen LogP contribution >= 0.6 is 0 Å². The number of hydrogen-bond donors (Lipinski definition) is 0. The lowest BCUT2D eigenvalue weighted by molar-refractivity contribution is -0.384. The van der Waals surface area contributed by atoms with Crippen molar-refractivity contribution in [2.45, 2.75) is 25.2 Å². The lowest BCUT2D eigenvalue weighted by atomic mass is 10.2. The van der Waals surface area contributed by atoms with E-state index in [0.717, 1.165) is 17.4 Å².